The molecule has 1 aliphatic heterocycles. The van der Waals surface area contributed by atoms with Crippen LogP contribution < -0.4 is 5.32 Å². The van der Waals surface area contributed by atoms with E-state index in [0.717, 1.165) is 38.4 Å². The van der Waals surface area contributed by atoms with E-state index < -0.39 is 0 Å². The van der Waals surface area contributed by atoms with Gasteiger partial charge in [-0.05, 0) is 25.0 Å². The third kappa shape index (κ3) is 3.66. The smallest absolute Gasteiger partial charge is 0.169 e. The summed E-state index contributed by atoms with van der Waals surface area (Å²) in [5, 5.41) is 3.24. The van der Waals surface area contributed by atoms with Crippen LogP contribution in [0, 0.1) is 0 Å². The maximum atomic E-state index is 5.51. The normalized spacial score (nSPS) is 18.9. The number of ether oxygens (including phenoxy) is 2. The summed E-state index contributed by atoms with van der Waals surface area (Å²) in [4.78, 5) is 0. The quantitative estimate of drug-likeness (QED) is 0.820. The summed E-state index contributed by atoms with van der Waals surface area (Å²) < 4.78 is 16.2. The van der Waals surface area contributed by atoms with Gasteiger partial charge in [0.05, 0.1) is 12.8 Å². The molecule has 0 amide bonds. The fraction of sp³-hybridized carbons (Fsp3) is 0.636. The molecule has 84 valence electrons. The highest BCUT2D eigenvalue weighted by Gasteiger charge is 2.12. The van der Waals surface area contributed by atoms with Crippen LogP contribution in [0.1, 0.15) is 18.6 Å². The molecule has 0 spiro atoms. The summed E-state index contributed by atoms with van der Waals surface area (Å²) in [6.07, 6.45) is 3.75. The maximum absolute atomic E-state index is 5.51. The van der Waals surface area contributed by atoms with Gasteiger partial charge >= 0.3 is 0 Å². The fourth-order valence-electron chi connectivity index (χ4n) is 1.53. The van der Waals surface area contributed by atoms with E-state index >= 15 is 0 Å². The number of hydrogen-bond donors (Lipinski definition) is 1. The van der Waals surface area contributed by atoms with Crippen LogP contribution in [0.2, 0.25) is 0 Å². The third-order valence-corrected chi connectivity index (χ3v) is 2.34. The van der Waals surface area contributed by atoms with Crippen LogP contribution in [0.15, 0.2) is 22.8 Å². The standard InChI is InChI=1S/C11H17NO3/c1-2-6-15-11(14-5-1)9-12-8-10-4-3-7-13-10/h3-4,7,11-12H,1-2,5-6,8-9H2. The largest absolute Gasteiger partial charge is 0.468 e. The number of furan rings is 1. The Hall–Kier alpha value is -0.840. The van der Waals surface area contributed by atoms with Gasteiger partial charge in [-0.3, -0.25) is 0 Å². The van der Waals surface area contributed by atoms with Crippen molar-refractivity contribution >= 4 is 0 Å². The lowest BCUT2D eigenvalue weighted by Gasteiger charge is -2.15. The molecular formula is C11H17NO3. The molecule has 0 aliphatic carbocycles. The van der Waals surface area contributed by atoms with Gasteiger partial charge in [0, 0.05) is 19.8 Å². The van der Waals surface area contributed by atoms with Gasteiger partial charge in [-0.15, -0.1) is 0 Å². The van der Waals surface area contributed by atoms with E-state index in [-0.39, 0.29) is 6.29 Å². The topological polar surface area (TPSA) is 43.6 Å². The van der Waals surface area contributed by atoms with Crippen molar-refractivity contribution in [3.63, 3.8) is 0 Å². The second-order valence-corrected chi connectivity index (χ2v) is 3.59. The summed E-state index contributed by atoms with van der Waals surface area (Å²) in [5.41, 5.74) is 0. The Morgan fingerprint density at radius 2 is 2.07 bits per heavy atom. The van der Waals surface area contributed by atoms with Gasteiger partial charge in [-0.2, -0.15) is 0 Å². The van der Waals surface area contributed by atoms with Gasteiger partial charge < -0.3 is 19.2 Å². The Labute approximate surface area is 89.6 Å². The highest BCUT2D eigenvalue weighted by molar-refractivity contribution is 4.97. The van der Waals surface area contributed by atoms with Crippen molar-refractivity contribution in [2.75, 3.05) is 19.8 Å². The Morgan fingerprint density at radius 3 is 2.73 bits per heavy atom. The molecule has 1 N–H and O–H groups in total. The highest BCUT2D eigenvalue weighted by Crippen LogP contribution is 2.05. The van der Waals surface area contributed by atoms with Crippen LogP contribution in [-0.4, -0.2) is 26.0 Å². The van der Waals surface area contributed by atoms with E-state index in [1.54, 1.807) is 6.26 Å². The van der Waals surface area contributed by atoms with E-state index in [1.807, 2.05) is 12.1 Å². The highest BCUT2D eigenvalue weighted by atomic mass is 16.7. The first-order valence-corrected chi connectivity index (χ1v) is 5.41. The van der Waals surface area contributed by atoms with Crippen molar-refractivity contribution in [1.82, 2.24) is 5.32 Å². The van der Waals surface area contributed by atoms with Gasteiger partial charge in [0.1, 0.15) is 5.76 Å². The first-order valence-electron chi connectivity index (χ1n) is 5.41. The van der Waals surface area contributed by atoms with E-state index in [9.17, 15) is 0 Å². The van der Waals surface area contributed by atoms with E-state index in [2.05, 4.69) is 5.32 Å². The SMILES string of the molecule is c1coc(CNCC2OCCCCO2)c1. The minimum Gasteiger partial charge on any atom is -0.468 e. The van der Waals surface area contributed by atoms with E-state index in [1.165, 1.54) is 0 Å². The van der Waals surface area contributed by atoms with E-state index in [4.69, 9.17) is 13.9 Å². The fourth-order valence-corrected chi connectivity index (χ4v) is 1.53. The molecule has 1 aromatic rings. The minimum absolute atomic E-state index is 0.109. The zero-order valence-electron chi connectivity index (χ0n) is 8.78. The lowest BCUT2D eigenvalue weighted by Crippen LogP contribution is -2.30. The molecule has 4 heteroatoms. The maximum Gasteiger partial charge on any atom is 0.169 e. The second-order valence-electron chi connectivity index (χ2n) is 3.59. The van der Waals surface area contributed by atoms with Gasteiger partial charge in [0.25, 0.3) is 0 Å². The average Bonchev–Trinajstić information content (AvgIpc) is 2.62. The first kappa shape index (κ1) is 10.7. The Bertz CT molecular complexity index is 253. The van der Waals surface area contributed by atoms with Crippen LogP contribution >= 0.6 is 0 Å². The zero-order chi connectivity index (χ0) is 10.3. The zero-order valence-corrected chi connectivity index (χ0v) is 8.78. The number of nitrogens with one attached hydrogen (secondary N) is 1. The predicted octanol–water partition coefficient (Wildman–Crippen LogP) is 1.52. The monoisotopic (exact) mass is 211 g/mol. The van der Waals surface area contributed by atoms with Crippen LogP contribution in [0.4, 0.5) is 0 Å². The average molecular weight is 211 g/mol. The molecule has 2 rings (SSSR count). The molecule has 0 aromatic carbocycles. The molecular weight excluding hydrogens is 194 g/mol. The lowest BCUT2D eigenvalue weighted by molar-refractivity contribution is -0.123. The molecule has 0 atom stereocenters. The van der Waals surface area contributed by atoms with Crippen LogP contribution in [0.5, 0.6) is 0 Å². The third-order valence-electron chi connectivity index (χ3n) is 2.34. The van der Waals surface area contributed by atoms with Crippen molar-refractivity contribution in [3.8, 4) is 0 Å². The Kier molecular flexibility index (Phi) is 4.20. The van der Waals surface area contributed by atoms with E-state index in [0.29, 0.717) is 6.54 Å². The molecule has 0 unspecified atom stereocenters. The molecule has 4 nitrogen and oxygen atoms in total. The first-order chi connectivity index (χ1) is 7.45. The van der Waals surface area contributed by atoms with Crippen LogP contribution in [0.25, 0.3) is 0 Å². The summed E-state index contributed by atoms with van der Waals surface area (Å²) in [6, 6.07) is 3.83. The number of hydrogen-bond acceptors (Lipinski definition) is 4. The summed E-state index contributed by atoms with van der Waals surface area (Å²) in [6.45, 7) is 3.02. The van der Waals surface area contributed by atoms with Gasteiger partial charge in [0.15, 0.2) is 6.29 Å². The van der Waals surface area contributed by atoms with Gasteiger partial charge in [-0.1, -0.05) is 0 Å². The molecule has 0 radical (unpaired) electrons. The van der Waals surface area contributed by atoms with Crippen molar-refractivity contribution in [1.29, 1.82) is 0 Å². The summed E-state index contributed by atoms with van der Waals surface area (Å²) in [5.74, 6) is 0.934. The molecule has 2 heterocycles. The lowest BCUT2D eigenvalue weighted by atomic mass is 10.3. The van der Waals surface area contributed by atoms with Crippen molar-refractivity contribution in [2.45, 2.75) is 25.7 Å². The second kappa shape index (κ2) is 5.90. The molecule has 1 aliphatic rings. The molecule has 0 saturated carbocycles. The van der Waals surface area contributed by atoms with Gasteiger partial charge in [0.2, 0.25) is 0 Å². The van der Waals surface area contributed by atoms with Gasteiger partial charge in [-0.25, -0.2) is 0 Å². The van der Waals surface area contributed by atoms with Crippen LogP contribution in [-0.2, 0) is 16.0 Å². The Morgan fingerprint density at radius 1 is 1.27 bits per heavy atom. The summed E-state index contributed by atoms with van der Waals surface area (Å²) in [7, 11) is 0. The Balaban J connectivity index is 1.64. The van der Waals surface area contributed by atoms with Crippen LogP contribution in [0.3, 0.4) is 0 Å². The van der Waals surface area contributed by atoms with Crippen molar-refractivity contribution in [2.24, 2.45) is 0 Å². The predicted molar refractivity (Wildman–Crippen MR) is 55.3 cm³/mol. The molecule has 15 heavy (non-hydrogen) atoms. The summed E-state index contributed by atoms with van der Waals surface area (Å²) >= 11 is 0. The molecule has 1 saturated heterocycles. The number of rotatable bonds is 4. The molecule has 0 bridgehead atoms. The molecule has 1 fully saturated rings. The van der Waals surface area contributed by atoms with Crippen molar-refractivity contribution in [3.05, 3.63) is 24.2 Å². The molecule has 1 aromatic heterocycles. The minimum atomic E-state index is -0.109. The van der Waals surface area contributed by atoms with Crippen molar-refractivity contribution < 1.29 is 13.9 Å².